The molecule has 2 heterocycles. The summed E-state index contributed by atoms with van der Waals surface area (Å²) in [4.78, 5) is 25.6. The number of amides is 1. The Kier molecular flexibility index (Phi) is 5.53. The summed E-state index contributed by atoms with van der Waals surface area (Å²) in [6.45, 7) is 0.301. The first-order valence-corrected chi connectivity index (χ1v) is 9.67. The van der Waals surface area contributed by atoms with Gasteiger partial charge in [0, 0.05) is 40.8 Å². The molecule has 0 fully saturated rings. The first-order valence-electron chi connectivity index (χ1n) is 8.79. The molecule has 4 aromatic rings. The monoisotopic (exact) mass is 405 g/mol. The van der Waals surface area contributed by atoms with E-state index in [0.717, 1.165) is 0 Å². The topological polar surface area (TPSA) is 72.2 Å². The lowest BCUT2D eigenvalue weighted by Crippen LogP contribution is -2.17. The Morgan fingerprint density at radius 2 is 1.93 bits per heavy atom. The van der Waals surface area contributed by atoms with E-state index in [4.69, 9.17) is 0 Å². The highest BCUT2D eigenvalue weighted by molar-refractivity contribution is 7.07. The summed E-state index contributed by atoms with van der Waals surface area (Å²) in [6.07, 6.45) is 5.05. The van der Waals surface area contributed by atoms with Crippen molar-refractivity contribution in [2.75, 3.05) is 5.32 Å². The number of hydrogen-bond acceptors (Lipinski definition) is 5. The number of carbonyl (C=O) groups is 1. The molecule has 29 heavy (non-hydrogen) atoms. The third-order valence-corrected chi connectivity index (χ3v) is 4.88. The molecule has 1 N–H and O–H groups in total. The van der Waals surface area contributed by atoms with Crippen molar-refractivity contribution in [3.05, 3.63) is 100 Å². The lowest BCUT2D eigenvalue weighted by atomic mass is 10.2. The van der Waals surface area contributed by atoms with E-state index in [2.05, 4.69) is 20.3 Å². The molecule has 0 aliphatic heterocycles. The predicted octanol–water partition coefficient (Wildman–Crippen LogP) is 4.01. The fourth-order valence-electron chi connectivity index (χ4n) is 2.69. The van der Waals surface area contributed by atoms with Crippen LogP contribution in [0.2, 0.25) is 0 Å². The molecule has 6 nitrogen and oxygen atoms in total. The quantitative estimate of drug-likeness (QED) is 0.545. The molecule has 0 bridgehead atoms. The normalized spacial score (nSPS) is 11.4. The minimum atomic E-state index is -0.382. The van der Waals surface area contributed by atoms with Crippen molar-refractivity contribution in [2.45, 2.75) is 6.54 Å². The Morgan fingerprint density at radius 1 is 1.10 bits per heavy atom. The number of thiazole rings is 1. The summed E-state index contributed by atoms with van der Waals surface area (Å²) >= 11 is 1.32. The SMILES string of the molecule is O=C(N=c1sccn1Cc1ccccc1F)c1cccc(Nc2ncccn2)c1. The molecule has 0 aliphatic rings. The van der Waals surface area contributed by atoms with Gasteiger partial charge in [0.25, 0.3) is 5.91 Å². The van der Waals surface area contributed by atoms with Crippen molar-refractivity contribution in [2.24, 2.45) is 4.99 Å². The van der Waals surface area contributed by atoms with Crippen LogP contribution in [0.4, 0.5) is 16.0 Å². The smallest absolute Gasteiger partial charge is 0.279 e. The lowest BCUT2D eigenvalue weighted by molar-refractivity contribution is 0.0998. The van der Waals surface area contributed by atoms with Crippen molar-refractivity contribution in [1.82, 2.24) is 14.5 Å². The number of benzene rings is 2. The number of carbonyl (C=O) groups excluding carboxylic acids is 1. The van der Waals surface area contributed by atoms with Gasteiger partial charge in [-0.05, 0) is 30.3 Å². The number of nitrogens with one attached hydrogen (secondary N) is 1. The van der Waals surface area contributed by atoms with Crippen molar-refractivity contribution < 1.29 is 9.18 Å². The Balaban J connectivity index is 1.57. The van der Waals surface area contributed by atoms with Gasteiger partial charge in [-0.1, -0.05) is 24.3 Å². The minimum Gasteiger partial charge on any atom is -0.324 e. The van der Waals surface area contributed by atoms with Crippen molar-refractivity contribution in [3.63, 3.8) is 0 Å². The van der Waals surface area contributed by atoms with Crippen LogP contribution in [0.1, 0.15) is 15.9 Å². The molecule has 2 aromatic heterocycles. The molecule has 0 saturated heterocycles. The van der Waals surface area contributed by atoms with E-state index in [1.165, 1.54) is 17.4 Å². The lowest BCUT2D eigenvalue weighted by Gasteiger charge is -2.06. The van der Waals surface area contributed by atoms with Gasteiger partial charge >= 0.3 is 0 Å². The van der Waals surface area contributed by atoms with Crippen LogP contribution < -0.4 is 10.1 Å². The van der Waals surface area contributed by atoms with Crippen molar-refractivity contribution >= 4 is 28.9 Å². The first kappa shape index (κ1) is 18.7. The van der Waals surface area contributed by atoms with E-state index >= 15 is 0 Å². The maximum absolute atomic E-state index is 13.9. The second kappa shape index (κ2) is 8.57. The average Bonchev–Trinajstić information content (AvgIpc) is 3.17. The van der Waals surface area contributed by atoms with E-state index < -0.39 is 0 Å². The van der Waals surface area contributed by atoms with Gasteiger partial charge in [-0.3, -0.25) is 4.79 Å². The number of hydrogen-bond donors (Lipinski definition) is 1. The standard InChI is InChI=1S/C21H16FN5OS/c22-18-8-2-1-5-16(18)14-27-11-12-29-21(27)26-19(28)15-6-3-7-17(13-15)25-20-23-9-4-10-24-20/h1-13H,14H2,(H,23,24,25). The van der Waals surface area contributed by atoms with E-state index in [1.54, 1.807) is 65.6 Å². The molecule has 0 radical (unpaired) electrons. The molecule has 144 valence electrons. The van der Waals surface area contributed by atoms with Crippen LogP contribution in [-0.4, -0.2) is 20.4 Å². The summed E-state index contributed by atoms with van der Waals surface area (Å²) < 4.78 is 15.7. The van der Waals surface area contributed by atoms with Gasteiger partial charge in [-0.2, -0.15) is 4.99 Å². The van der Waals surface area contributed by atoms with Gasteiger partial charge in [-0.15, -0.1) is 11.3 Å². The molecule has 8 heteroatoms. The Morgan fingerprint density at radius 3 is 2.76 bits per heavy atom. The first-order chi connectivity index (χ1) is 14.2. The van der Waals surface area contributed by atoms with Gasteiger partial charge in [0.05, 0.1) is 6.54 Å². The zero-order valence-corrected chi connectivity index (χ0v) is 16.0. The van der Waals surface area contributed by atoms with Gasteiger partial charge in [0.15, 0.2) is 4.80 Å². The van der Waals surface area contributed by atoms with Crippen LogP contribution >= 0.6 is 11.3 Å². The van der Waals surface area contributed by atoms with Gasteiger partial charge in [0.2, 0.25) is 5.95 Å². The second-order valence-corrected chi connectivity index (χ2v) is 6.97. The molecule has 2 aromatic carbocycles. The number of anilines is 2. The highest BCUT2D eigenvalue weighted by Crippen LogP contribution is 2.15. The predicted molar refractivity (Wildman–Crippen MR) is 109 cm³/mol. The molecule has 0 unspecified atom stereocenters. The number of nitrogens with zero attached hydrogens (tertiary/aromatic N) is 4. The van der Waals surface area contributed by atoms with Gasteiger partial charge in [0.1, 0.15) is 5.82 Å². The summed E-state index contributed by atoms with van der Waals surface area (Å²) in [6, 6.07) is 15.2. The number of rotatable bonds is 5. The highest BCUT2D eigenvalue weighted by atomic mass is 32.1. The van der Waals surface area contributed by atoms with Crippen molar-refractivity contribution in [1.29, 1.82) is 0 Å². The Labute approximate surface area is 170 Å². The minimum absolute atomic E-state index is 0.287. The van der Waals surface area contributed by atoms with Gasteiger partial charge in [-0.25, -0.2) is 14.4 Å². The van der Waals surface area contributed by atoms with Crippen LogP contribution in [0.15, 0.2) is 83.6 Å². The summed E-state index contributed by atoms with van der Waals surface area (Å²) in [5, 5.41) is 4.87. The fraction of sp³-hybridized carbons (Fsp3) is 0.0476. The van der Waals surface area contributed by atoms with Crippen LogP contribution in [0.5, 0.6) is 0 Å². The molecule has 1 amide bonds. The largest absolute Gasteiger partial charge is 0.324 e. The molecule has 0 atom stereocenters. The maximum Gasteiger partial charge on any atom is 0.279 e. The van der Waals surface area contributed by atoms with Crippen LogP contribution in [-0.2, 0) is 6.54 Å². The van der Waals surface area contributed by atoms with Crippen LogP contribution in [0.25, 0.3) is 0 Å². The summed E-state index contributed by atoms with van der Waals surface area (Å²) in [7, 11) is 0. The molecule has 0 aliphatic carbocycles. The van der Waals surface area contributed by atoms with Crippen LogP contribution in [0, 0.1) is 5.82 Å². The Hall–Kier alpha value is -3.65. The van der Waals surface area contributed by atoms with Crippen molar-refractivity contribution in [3.8, 4) is 0 Å². The van der Waals surface area contributed by atoms with Crippen LogP contribution in [0.3, 0.4) is 0 Å². The average molecular weight is 405 g/mol. The zero-order valence-electron chi connectivity index (χ0n) is 15.2. The fourth-order valence-corrected chi connectivity index (χ4v) is 3.42. The molecular weight excluding hydrogens is 389 g/mol. The summed E-state index contributed by atoms with van der Waals surface area (Å²) in [5.74, 6) is -0.229. The molecule has 4 rings (SSSR count). The highest BCUT2D eigenvalue weighted by Gasteiger charge is 2.08. The molecule has 0 spiro atoms. The molecule has 0 saturated carbocycles. The summed E-state index contributed by atoms with van der Waals surface area (Å²) in [5.41, 5.74) is 1.65. The van der Waals surface area contributed by atoms with E-state index in [1.807, 2.05) is 11.4 Å². The zero-order chi connectivity index (χ0) is 20.1. The second-order valence-electron chi connectivity index (χ2n) is 6.10. The third-order valence-electron chi connectivity index (χ3n) is 4.09. The third kappa shape index (κ3) is 4.61. The molecular formula is C21H16FN5OS. The number of aromatic nitrogens is 3. The van der Waals surface area contributed by atoms with Gasteiger partial charge < -0.3 is 9.88 Å². The van der Waals surface area contributed by atoms with E-state index in [-0.39, 0.29) is 11.7 Å². The maximum atomic E-state index is 13.9. The number of halogens is 1. The van der Waals surface area contributed by atoms with E-state index in [0.29, 0.717) is 34.1 Å². The Bertz CT molecular complexity index is 1200. The van der Waals surface area contributed by atoms with E-state index in [9.17, 15) is 9.18 Å².